The van der Waals surface area contributed by atoms with Gasteiger partial charge in [-0.25, -0.2) is 0 Å². The van der Waals surface area contributed by atoms with E-state index in [4.69, 9.17) is 5.73 Å². The molecule has 0 unspecified atom stereocenters. The smallest absolute Gasteiger partial charge is 0.406 e. The Morgan fingerprint density at radius 1 is 0.604 bits per heavy atom. The molecular formula is C45H58NPPd. The predicted molar refractivity (Wildman–Crippen MR) is 208 cm³/mol. The summed E-state index contributed by atoms with van der Waals surface area (Å²) in [5, 5.41) is 1.62. The van der Waals surface area contributed by atoms with Gasteiger partial charge >= 0.3 is 20.4 Å². The maximum Gasteiger partial charge on any atom is 2.00 e. The van der Waals surface area contributed by atoms with Crippen molar-refractivity contribution in [2.24, 2.45) is 0 Å². The van der Waals surface area contributed by atoms with Crippen molar-refractivity contribution in [3.63, 3.8) is 0 Å². The van der Waals surface area contributed by atoms with Crippen molar-refractivity contribution in [3.05, 3.63) is 108 Å². The normalized spacial score (nSPS) is 15.8. The van der Waals surface area contributed by atoms with E-state index in [-0.39, 0.29) is 28.3 Å². The van der Waals surface area contributed by atoms with Gasteiger partial charge in [-0.3, -0.25) is 0 Å². The van der Waals surface area contributed by atoms with Crippen molar-refractivity contribution < 1.29 is 20.4 Å². The minimum Gasteiger partial charge on any atom is -0.406 e. The number of rotatable bonds is 8. The number of hydrogen-bond acceptors (Lipinski definition) is 1. The SMILES string of the molecule is CC(C)c1cc(C(C)C)c(-c2ccc[c-]c2P(C2CCCCC2)C2CCCCC2)c(C(C)C)c1.Nc1ccccc1-c1[c-]cccc1.[Pd+2]. The van der Waals surface area contributed by atoms with Crippen LogP contribution in [0.1, 0.15) is 140 Å². The van der Waals surface area contributed by atoms with E-state index in [1.807, 2.05) is 48.5 Å². The fraction of sp³-hybridized carbons (Fsp3) is 0.467. The van der Waals surface area contributed by atoms with Gasteiger partial charge in [0.1, 0.15) is 0 Å². The van der Waals surface area contributed by atoms with Gasteiger partial charge in [-0.15, -0.1) is 46.8 Å². The molecule has 0 amide bonds. The summed E-state index contributed by atoms with van der Waals surface area (Å²) in [5.41, 5.74) is 18.2. The van der Waals surface area contributed by atoms with Gasteiger partial charge in [0.25, 0.3) is 0 Å². The van der Waals surface area contributed by atoms with Gasteiger partial charge in [-0.1, -0.05) is 129 Å². The second kappa shape index (κ2) is 18.7. The second-order valence-corrected chi connectivity index (χ2v) is 17.5. The van der Waals surface area contributed by atoms with E-state index in [2.05, 4.69) is 84.0 Å². The Kier molecular flexibility index (Phi) is 15.0. The summed E-state index contributed by atoms with van der Waals surface area (Å²) in [7, 11) is -0.175. The molecule has 1 nitrogen and oxygen atoms in total. The summed E-state index contributed by atoms with van der Waals surface area (Å²) in [6, 6.07) is 34.7. The molecule has 0 heterocycles. The molecule has 0 saturated heterocycles. The van der Waals surface area contributed by atoms with Crippen molar-refractivity contribution in [2.45, 2.75) is 135 Å². The van der Waals surface area contributed by atoms with Crippen LogP contribution in [0.2, 0.25) is 0 Å². The van der Waals surface area contributed by atoms with Crippen molar-refractivity contribution >= 4 is 18.9 Å². The molecule has 2 N–H and O–H groups in total. The molecule has 3 heteroatoms. The molecule has 48 heavy (non-hydrogen) atoms. The number of anilines is 1. The summed E-state index contributed by atoms with van der Waals surface area (Å²) in [5.74, 6) is 1.61. The maximum absolute atomic E-state index is 5.83. The second-order valence-electron chi connectivity index (χ2n) is 14.8. The van der Waals surface area contributed by atoms with E-state index in [9.17, 15) is 0 Å². The number of nitrogen functional groups attached to an aromatic ring is 1. The van der Waals surface area contributed by atoms with Crippen molar-refractivity contribution in [1.29, 1.82) is 0 Å². The molecule has 0 radical (unpaired) electrons. The summed E-state index contributed by atoms with van der Waals surface area (Å²) in [6.45, 7) is 14.3. The summed E-state index contributed by atoms with van der Waals surface area (Å²) < 4.78 is 0. The summed E-state index contributed by atoms with van der Waals surface area (Å²) in [4.78, 5) is 0. The Morgan fingerprint density at radius 3 is 1.62 bits per heavy atom. The fourth-order valence-electron chi connectivity index (χ4n) is 7.80. The topological polar surface area (TPSA) is 26.0 Å². The molecule has 4 aromatic carbocycles. The number of benzene rings is 4. The predicted octanol–water partition coefficient (Wildman–Crippen LogP) is 13.0. The molecule has 0 atom stereocenters. The third-order valence-electron chi connectivity index (χ3n) is 10.4. The van der Waals surface area contributed by atoms with E-state index in [1.165, 1.54) is 75.3 Å². The van der Waals surface area contributed by atoms with Crippen LogP contribution in [-0.2, 0) is 20.4 Å². The Labute approximate surface area is 308 Å². The first kappa shape index (κ1) is 38.6. The Bertz CT molecular complexity index is 1500. The van der Waals surface area contributed by atoms with Crippen molar-refractivity contribution in [3.8, 4) is 22.3 Å². The zero-order chi connectivity index (χ0) is 33.3. The van der Waals surface area contributed by atoms with E-state index >= 15 is 0 Å². The first-order valence-electron chi connectivity index (χ1n) is 18.5. The molecule has 258 valence electrons. The minimum atomic E-state index is -0.175. The van der Waals surface area contributed by atoms with Crippen LogP contribution in [0, 0.1) is 12.1 Å². The van der Waals surface area contributed by atoms with Gasteiger partial charge in [0, 0.05) is 0 Å². The quantitative estimate of drug-likeness (QED) is 0.0825. The zero-order valence-electron chi connectivity index (χ0n) is 30.3. The first-order valence-corrected chi connectivity index (χ1v) is 20.0. The minimum absolute atomic E-state index is 0. The summed E-state index contributed by atoms with van der Waals surface area (Å²) >= 11 is 0. The molecule has 2 aliphatic carbocycles. The van der Waals surface area contributed by atoms with Crippen LogP contribution >= 0.6 is 7.92 Å². The van der Waals surface area contributed by atoms with Crippen molar-refractivity contribution in [2.75, 3.05) is 5.73 Å². The summed E-state index contributed by atoms with van der Waals surface area (Å²) in [6.07, 6.45) is 14.4. The van der Waals surface area contributed by atoms with Crippen LogP contribution in [0.4, 0.5) is 5.69 Å². The largest absolute Gasteiger partial charge is 2.00 e. The monoisotopic (exact) mass is 749 g/mol. The number of hydrogen-bond donors (Lipinski definition) is 1. The molecule has 2 aliphatic rings. The Morgan fingerprint density at radius 2 is 1.12 bits per heavy atom. The van der Waals surface area contributed by atoms with Gasteiger partial charge in [0.05, 0.1) is 0 Å². The average molecular weight is 750 g/mol. The Balaban J connectivity index is 0.000000310. The van der Waals surface area contributed by atoms with E-state index in [0.29, 0.717) is 17.8 Å². The third-order valence-corrected chi connectivity index (χ3v) is 13.9. The van der Waals surface area contributed by atoms with Crippen LogP contribution in [0.25, 0.3) is 22.3 Å². The first-order chi connectivity index (χ1) is 22.8. The Hall–Kier alpha value is -2.23. The molecule has 0 bridgehead atoms. The molecule has 0 aliphatic heterocycles. The van der Waals surface area contributed by atoms with Gasteiger partial charge in [-0.2, -0.15) is 24.3 Å². The van der Waals surface area contributed by atoms with Crippen LogP contribution < -0.4 is 11.0 Å². The molecule has 6 rings (SSSR count). The van der Waals surface area contributed by atoms with Gasteiger partial charge in [-0.05, 0) is 83.2 Å². The molecule has 0 aromatic heterocycles. The van der Waals surface area contributed by atoms with Crippen molar-refractivity contribution in [1.82, 2.24) is 0 Å². The molecule has 2 saturated carbocycles. The van der Waals surface area contributed by atoms with Gasteiger partial charge < -0.3 is 5.73 Å². The average Bonchev–Trinajstić information content (AvgIpc) is 3.10. The fourth-order valence-corrected chi connectivity index (χ4v) is 11.7. The van der Waals surface area contributed by atoms with E-state index in [1.54, 1.807) is 22.0 Å². The molecule has 0 spiro atoms. The van der Waals surface area contributed by atoms with Crippen LogP contribution in [0.5, 0.6) is 0 Å². The molecule has 4 aromatic rings. The van der Waals surface area contributed by atoms with Gasteiger partial charge in [0.2, 0.25) is 0 Å². The molecular weight excluding hydrogens is 692 g/mol. The standard InChI is InChI=1S/C33H48P.C12H10N.Pd/c1-23(2)26-21-30(24(3)4)33(31(22-26)25(5)6)29-19-13-14-20-32(29)34(27-15-9-7-10-16-27)28-17-11-8-12-18-28;13-12-9-5-4-8-11(12)10-6-2-1-3-7-10;/h13-14,19,21-25,27-28H,7-12,15-18H2,1-6H3;1-6,8-9H,13H2;/q2*-1;+2. The third kappa shape index (κ3) is 9.51. The molecule has 2 fully saturated rings. The van der Waals surface area contributed by atoms with Crippen LogP contribution in [-0.4, -0.2) is 11.3 Å². The number of para-hydroxylation sites is 1. The van der Waals surface area contributed by atoms with Crippen LogP contribution in [0.3, 0.4) is 0 Å². The maximum atomic E-state index is 5.83. The van der Waals surface area contributed by atoms with E-state index < -0.39 is 0 Å². The number of nitrogens with two attached hydrogens (primary N) is 1. The zero-order valence-corrected chi connectivity index (χ0v) is 32.8. The van der Waals surface area contributed by atoms with Gasteiger partial charge in [0.15, 0.2) is 0 Å². The van der Waals surface area contributed by atoms with Crippen LogP contribution in [0.15, 0.2) is 78.9 Å². The van der Waals surface area contributed by atoms with E-state index in [0.717, 1.165) is 28.1 Å².